The monoisotopic (exact) mass is 296 g/mol. The molecule has 3 aromatic carbocycles. The highest BCUT2D eigenvalue weighted by Gasteiger charge is 2.13. The first-order chi connectivity index (χ1) is 11.2. The fourth-order valence-corrected chi connectivity index (χ4v) is 3.80. The Hall–Kier alpha value is -2.87. The van der Waals surface area contributed by atoms with Crippen LogP contribution in [0.3, 0.4) is 0 Å². The lowest BCUT2D eigenvalue weighted by molar-refractivity contribution is 1.27. The molecule has 0 bridgehead atoms. The molecule has 0 aliphatic rings. The molecule has 2 heterocycles. The molecule has 5 aromatic rings. The van der Waals surface area contributed by atoms with Crippen molar-refractivity contribution in [3.05, 3.63) is 72.1 Å². The van der Waals surface area contributed by atoms with Crippen molar-refractivity contribution in [3.8, 4) is 0 Å². The molecule has 5 rings (SSSR count). The first-order valence-corrected chi connectivity index (χ1v) is 7.91. The summed E-state index contributed by atoms with van der Waals surface area (Å²) in [6.45, 7) is 4.38. The fraction of sp³-hybridized carbons (Fsp3) is 0.0952. The van der Waals surface area contributed by atoms with E-state index in [0.29, 0.717) is 0 Å². The zero-order chi connectivity index (χ0) is 15.6. The number of fused-ring (bicyclic) bond motifs is 7. The molecule has 0 spiro atoms. The highest BCUT2D eigenvalue weighted by molar-refractivity contribution is 6.18. The molecular weight excluding hydrogens is 280 g/mol. The number of nitrogens with zero attached hydrogens (tertiary/aromatic N) is 2. The maximum absolute atomic E-state index is 4.63. The van der Waals surface area contributed by atoms with Crippen LogP contribution >= 0.6 is 0 Å². The molecule has 0 fully saturated rings. The average molecular weight is 296 g/mol. The normalized spacial score (nSPS) is 11.9. The molecule has 110 valence electrons. The van der Waals surface area contributed by atoms with E-state index in [-0.39, 0.29) is 0 Å². The molecule has 0 amide bonds. The Morgan fingerprint density at radius 1 is 0.870 bits per heavy atom. The van der Waals surface area contributed by atoms with E-state index in [9.17, 15) is 0 Å². The van der Waals surface area contributed by atoms with Gasteiger partial charge in [-0.15, -0.1) is 0 Å². The quantitative estimate of drug-likeness (QED) is 0.276. The lowest BCUT2D eigenvalue weighted by atomic mass is 9.94. The van der Waals surface area contributed by atoms with Crippen LogP contribution in [0.2, 0.25) is 0 Å². The summed E-state index contributed by atoms with van der Waals surface area (Å²) in [5.74, 6) is 0. The summed E-state index contributed by atoms with van der Waals surface area (Å²) in [6.07, 6.45) is 3.93. The van der Waals surface area contributed by atoms with E-state index in [1.165, 1.54) is 43.6 Å². The van der Waals surface area contributed by atoms with Crippen LogP contribution in [0.15, 0.2) is 60.9 Å². The van der Waals surface area contributed by atoms with Crippen LogP contribution in [0.4, 0.5) is 0 Å². The number of rotatable bonds is 0. The van der Waals surface area contributed by atoms with Crippen LogP contribution in [-0.4, -0.2) is 9.38 Å². The number of imidazole rings is 1. The molecule has 0 aliphatic carbocycles. The second-order valence-electron chi connectivity index (χ2n) is 6.29. The predicted octanol–water partition coefficient (Wildman–Crippen LogP) is 5.41. The molecule has 23 heavy (non-hydrogen) atoms. The SMILES string of the molecule is Cc1ccc2cc3c(c(C)c2c1)c1ccccc1n1ccnc31. The topological polar surface area (TPSA) is 17.3 Å². The van der Waals surface area contributed by atoms with Crippen molar-refractivity contribution in [2.45, 2.75) is 13.8 Å². The Kier molecular flexibility index (Phi) is 2.38. The van der Waals surface area contributed by atoms with Gasteiger partial charge in [-0.1, -0.05) is 42.0 Å². The summed E-state index contributed by atoms with van der Waals surface area (Å²) in [5.41, 5.74) is 4.88. The lowest BCUT2D eigenvalue weighted by Crippen LogP contribution is -1.93. The molecular formula is C21H16N2. The molecule has 0 saturated carbocycles. The van der Waals surface area contributed by atoms with Gasteiger partial charge >= 0.3 is 0 Å². The van der Waals surface area contributed by atoms with Gasteiger partial charge in [0.2, 0.25) is 0 Å². The molecule has 0 radical (unpaired) electrons. The zero-order valence-electron chi connectivity index (χ0n) is 13.2. The average Bonchev–Trinajstić information content (AvgIpc) is 3.06. The molecule has 0 N–H and O–H groups in total. The highest BCUT2D eigenvalue weighted by Crippen LogP contribution is 2.35. The number of hydrogen-bond donors (Lipinski definition) is 0. The van der Waals surface area contributed by atoms with E-state index in [4.69, 9.17) is 0 Å². The van der Waals surface area contributed by atoms with Crippen LogP contribution < -0.4 is 0 Å². The Labute approximate surface area is 134 Å². The van der Waals surface area contributed by atoms with Crippen molar-refractivity contribution < 1.29 is 0 Å². The largest absolute Gasteiger partial charge is 0.299 e. The zero-order valence-corrected chi connectivity index (χ0v) is 13.2. The lowest BCUT2D eigenvalue weighted by Gasteiger charge is -2.13. The van der Waals surface area contributed by atoms with Gasteiger partial charge in [0.15, 0.2) is 0 Å². The van der Waals surface area contributed by atoms with Gasteiger partial charge < -0.3 is 0 Å². The van der Waals surface area contributed by atoms with Crippen LogP contribution in [0.1, 0.15) is 11.1 Å². The third-order valence-corrected chi connectivity index (χ3v) is 4.87. The standard InChI is InChI=1S/C21H16N2/c1-13-7-8-15-12-18-20(14(2)17(15)11-13)16-5-3-4-6-19(16)23-10-9-22-21(18)23/h3-12H,1-2H3. The van der Waals surface area contributed by atoms with Crippen molar-refractivity contribution in [3.63, 3.8) is 0 Å². The smallest absolute Gasteiger partial charge is 0.145 e. The first-order valence-electron chi connectivity index (χ1n) is 7.91. The van der Waals surface area contributed by atoms with Gasteiger partial charge in [0.25, 0.3) is 0 Å². The van der Waals surface area contributed by atoms with Crippen LogP contribution in [0.5, 0.6) is 0 Å². The Morgan fingerprint density at radius 2 is 1.74 bits per heavy atom. The van der Waals surface area contributed by atoms with Gasteiger partial charge in [0, 0.05) is 23.2 Å². The van der Waals surface area contributed by atoms with Crippen LogP contribution in [0.25, 0.3) is 38.1 Å². The minimum Gasteiger partial charge on any atom is -0.299 e. The van der Waals surface area contributed by atoms with Crippen molar-refractivity contribution in [2.24, 2.45) is 0 Å². The minimum absolute atomic E-state index is 1.03. The summed E-state index contributed by atoms with van der Waals surface area (Å²) in [6, 6.07) is 17.6. The van der Waals surface area contributed by atoms with Crippen molar-refractivity contribution in [2.75, 3.05) is 0 Å². The number of aromatic nitrogens is 2. The van der Waals surface area contributed by atoms with Crippen LogP contribution in [0, 0.1) is 13.8 Å². The van der Waals surface area contributed by atoms with E-state index in [0.717, 1.165) is 5.65 Å². The number of pyridine rings is 1. The number of aryl methyl sites for hydroxylation is 2. The Morgan fingerprint density at radius 3 is 2.65 bits per heavy atom. The van der Waals surface area contributed by atoms with Gasteiger partial charge in [-0.05, 0) is 47.7 Å². The Balaban J connectivity index is 2.19. The van der Waals surface area contributed by atoms with Crippen molar-refractivity contribution >= 4 is 38.1 Å². The minimum atomic E-state index is 1.03. The van der Waals surface area contributed by atoms with E-state index >= 15 is 0 Å². The second kappa shape index (κ2) is 4.32. The second-order valence-corrected chi connectivity index (χ2v) is 6.29. The van der Waals surface area contributed by atoms with Gasteiger partial charge in [-0.2, -0.15) is 0 Å². The summed E-state index contributed by atoms with van der Waals surface area (Å²) >= 11 is 0. The maximum atomic E-state index is 4.63. The third-order valence-electron chi connectivity index (χ3n) is 4.87. The van der Waals surface area contributed by atoms with E-state index in [1.54, 1.807) is 0 Å². The van der Waals surface area contributed by atoms with Gasteiger partial charge in [-0.3, -0.25) is 4.40 Å². The number of hydrogen-bond acceptors (Lipinski definition) is 1. The summed E-state index contributed by atoms with van der Waals surface area (Å²) < 4.78 is 2.19. The van der Waals surface area contributed by atoms with Crippen LogP contribution in [-0.2, 0) is 0 Å². The fourth-order valence-electron chi connectivity index (χ4n) is 3.80. The van der Waals surface area contributed by atoms with E-state index in [1.807, 2.05) is 12.4 Å². The molecule has 2 aromatic heterocycles. The molecule has 2 heteroatoms. The number of benzene rings is 3. The first kappa shape index (κ1) is 12.7. The summed E-state index contributed by atoms with van der Waals surface area (Å²) in [4.78, 5) is 4.63. The highest BCUT2D eigenvalue weighted by atomic mass is 15.0. The number of para-hydroxylation sites is 1. The molecule has 0 unspecified atom stereocenters. The van der Waals surface area contributed by atoms with Gasteiger partial charge in [0.05, 0.1) is 5.52 Å². The van der Waals surface area contributed by atoms with Crippen molar-refractivity contribution in [1.29, 1.82) is 0 Å². The molecule has 0 saturated heterocycles. The molecule has 2 nitrogen and oxygen atoms in total. The van der Waals surface area contributed by atoms with Crippen molar-refractivity contribution in [1.82, 2.24) is 9.38 Å². The molecule has 0 atom stereocenters. The predicted molar refractivity (Wildman–Crippen MR) is 97.2 cm³/mol. The van der Waals surface area contributed by atoms with E-state index in [2.05, 4.69) is 71.8 Å². The van der Waals surface area contributed by atoms with E-state index < -0.39 is 0 Å². The van der Waals surface area contributed by atoms with Gasteiger partial charge in [-0.25, -0.2) is 4.98 Å². The maximum Gasteiger partial charge on any atom is 0.145 e. The third kappa shape index (κ3) is 1.61. The Bertz CT molecular complexity index is 1230. The molecule has 0 aliphatic heterocycles. The van der Waals surface area contributed by atoms with Gasteiger partial charge in [0.1, 0.15) is 5.65 Å². The summed E-state index contributed by atoms with van der Waals surface area (Å²) in [7, 11) is 0. The summed E-state index contributed by atoms with van der Waals surface area (Å²) in [5, 5.41) is 6.44.